The van der Waals surface area contributed by atoms with Crippen molar-refractivity contribution in [2.75, 3.05) is 26.7 Å². The molecule has 1 atom stereocenters. The Morgan fingerprint density at radius 2 is 2.32 bits per heavy atom. The first kappa shape index (κ1) is 15.0. The predicted molar refractivity (Wildman–Crippen MR) is 85.0 cm³/mol. The van der Waals surface area contributed by atoms with Gasteiger partial charge in [-0.3, -0.25) is 4.79 Å². The quantitative estimate of drug-likeness (QED) is 0.930. The van der Waals surface area contributed by atoms with Crippen LogP contribution in [-0.2, 0) is 0 Å². The summed E-state index contributed by atoms with van der Waals surface area (Å²) in [5.41, 5.74) is 2.31. The molecule has 0 saturated carbocycles. The zero-order valence-electron chi connectivity index (χ0n) is 13.4. The molecule has 0 bridgehead atoms. The number of fused-ring (bicyclic) bond motifs is 1. The van der Waals surface area contributed by atoms with Crippen molar-refractivity contribution in [3.8, 4) is 0 Å². The molecule has 0 spiro atoms. The molecule has 3 rings (SSSR count). The summed E-state index contributed by atoms with van der Waals surface area (Å²) in [6, 6.07) is 2.02. The molecule has 1 fully saturated rings. The van der Waals surface area contributed by atoms with Gasteiger partial charge in [0.25, 0.3) is 5.91 Å². The second kappa shape index (κ2) is 6.04. The third-order valence-corrected chi connectivity index (χ3v) is 4.22. The Balaban J connectivity index is 1.89. The molecule has 1 N–H and O–H groups in total. The first-order valence-corrected chi connectivity index (χ1v) is 7.87. The Morgan fingerprint density at radius 3 is 3.05 bits per heavy atom. The number of carbonyl (C=O) groups is 1. The van der Waals surface area contributed by atoms with E-state index >= 15 is 0 Å². The van der Waals surface area contributed by atoms with E-state index in [2.05, 4.69) is 34.1 Å². The zero-order valence-corrected chi connectivity index (χ0v) is 13.4. The summed E-state index contributed by atoms with van der Waals surface area (Å²) in [5, 5.41) is 7.03. The minimum absolute atomic E-state index is 0.146. The molecule has 3 heterocycles. The molecule has 0 aromatic carbocycles. The molecule has 118 valence electrons. The van der Waals surface area contributed by atoms with Crippen molar-refractivity contribution in [2.24, 2.45) is 5.92 Å². The number of nitrogens with one attached hydrogen (secondary N) is 1. The molecule has 2 aromatic rings. The molecule has 1 unspecified atom stereocenters. The van der Waals surface area contributed by atoms with Gasteiger partial charge in [0.2, 0.25) is 0 Å². The second-order valence-corrected chi connectivity index (χ2v) is 6.38. The molecule has 0 radical (unpaired) electrons. The van der Waals surface area contributed by atoms with Crippen LogP contribution < -0.4 is 5.32 Å². The van der Waals surface area contributed by atoms with Gasteiger partial charge in [-0.15, -0.1) is 0 Å². The standard InChI is InChI=1S/C16H23N5O/c1-11(2)9-20-7-5-12(10-20)14-4-6-18-15-13(16(22)17-3)8-19-21(14)15/h4,6,8,11-12H,5,7,9-10H2,1-3H3,(H,17,22). The number of amides is 1. The van der Waals surface area contributed by atoms with E-state index < -0.39 is 0 Å². The summed E-state index contributed by atoms with van der Waals surface area (Å²) in [6.07, 6.45) is 4.51. The summed E-state index contributed by atoms with van der Waals surface area (Å²) in [4.78, 5) is 18.7. The lowest BCUT2D eigenvalue weighted by Crippen LogP contribution is -2.25. The van der Waals surface area contributed by atoms with Crippen molar-refractivity contribution in [3.63, 3.8) is 0 Å². The van der Waals surface area contributed by atoms with Gasteiger partial charge < -0.3 is 10.2 Å². The molecule has 0 aliphatic carbocycles. The van der Waals surface area contributed by atoms with E-state index in [1.54, 1.807) is 19.4 Å². The molecule has 1 amide bonds. The summed E-state index contributed by atoms with van der Waals surface area (Å²) < 4.78 is 1.83. The van der Waals surface area contributed by atoms with E-state index in [0.717, 1.165) is 31.7 Å². The van der Waals surface area contributed by atoms with Crippen molar-refractivity contribution in [1.82, 2.24) is 24.8 Å². The number of hydrogen-bond acceptors (Lipinski definition) is 4. The van der Waals surface area contributed by atoms with Crippen LogP contribution in [0.25, 0.3) is 5.65 Å². The summed E-state index contributed by atoms with van der Waals surface area (Å²) in [5.74, 6) is 0.981. The number of aromatic nitrogens is 3. The van der Waals surface area contributed by atoms with Gasteiger partial charge in [-0.05, 0) is 24.9 Å². The van der Waals surface area contributed by atoms with Gasteiger partial charge in [0.1, 0.15) is 5.56 Å². The minimum Gasteiger partial charge on any atom is -0.355 e. The van der Waals surface area contributed by atoms with Crippen LogP contribution in [0, 0.1) is 5.92 Å². The first-order valence-electron chi connectivity index (χ1n) is 7.87. The van der Waals surface area contributed by atoms with Crippen LogP contribution in [0.2, 0.25) is 0 Å². The predicted octanol–water partition coefficient (Wildman–Crippen LogP) is 1.53. The van der Waals surface area contributed by atoms with Crippen LogP contribution in [0.4, 0.5) is 0 Å². The highest BCUT2D eigenvalue weighted by Gasteiger charge is 2.27. The highest BCUT2D eigenvalue weighted by Crippen LogP contribution is 2.28. The van der Waals surface area contributed by atoms with E-state index in [0.29, 0.717) is 23.0 Å². The van der Waals surface area contributed by atoms with E-state index in [1.807, 2.05) is 10.6 Å². The van der Waals surface area contributed by atoms with Crippen LogP contribution in [0.15, 0.2) is 18.5 Å². The van der Waals surface area contributed by atoms with Crippen molar-refractivity contribution in [3.05, 3.63) is 29.7 Å². The van der Waals surface area contributed by atoms with E-state index in [9.17, 15) is 4.79 Å². The fourth-order valence-electron chi connectivity index (χ4n) is 3.27. The van der Waals surface area contributed by atoms with E-state index in [1.165, 1.54) is 0 Å². The molecular weight excluding hydrogens is 278 g/mol. The van der Waals surface area contributed by atoms with Crippen molar-refractivity contribution in [2.45, 2.75) is 26.2 Å². The van der Waals surface area contributed by atoms with Gasteiger partial charge in [-0.25, -0.2) is 9.50 Å². The lowest BCUT2D eigenvalue weighted by Gasteiger charge is -2.18. The molecule has 1 aliphatic heterocycles. The van der Waals surface area contributed by atoms with Crippen molar-refractivity contribution < 1.29 is 4.79 Å². The average Bonchev–Trinajstić information content (AvgIpc) is 3.12. The Bertz CT molecular complexity index is 678. The Labute approximate surface area is 130 Å². The summed E-state index contributed by atoms with van der Waals surface area (Å²) in [6.45, 7) is 7.80. The third-order valence-electron chi connectivity index (χ3n) is 4.22. The number of carbonyl (C=O) groups excluding carboxylic acids is 1. The minimum atomic E-state index is -0.146. The van der Waals surface area contributed by atoms with Crippen LogP contribution in [-0.4, -0.2) is 52.1 Å². The lowest BCUT2D eigenvalue weighted by molar-refractivity contribution is 0.0964. The number of likely N-dealkylation sites (tertiary alicyclic amines) is 1. The normalized spacial score (nSPS) is 19.2. The summed E-state index contributed by atoms with van der Waals surface area (Å²) in [7, 11) is 1.62. The molecule has 22 heavy (non-hydrogen) atoms. The van der Waals surface area contributed by atoms with Gasteiger partial charge >= 0.3 is 0 Å². The third kappa shape index (κ3) is 2.70. The smallest absolute Gasteiger partial charge is 0.256 e. The number of nitrogens with zero attached hydrogens (tertiary/aromatic N) is 4. The topological polar surface area (TPSA) is 62.5 Å². The highest BCUT2D eigenvalue weighted by atomic mass is 16.1. The SMILES string of the molecule is CNC(=O)c1cnn2c(C3CCN(CC(C)C)C3)ccnc12. The maximum Gasteiger partial charge on any atom is 0.256 e. The van der Waals surface area contributed by atoms with Gasteiger partial charge in [-0.2, -0.15) is 5.10 Å². The van der Waals surface area contributed by atoms with Crippen LogP contribution in [0.1, 0.15) is 42.2 Å². The first-order chi connectivity index (χ1) is 10.6. The van der Waals surface area contributed by atoms with E-state index in [4.69, 9.17) is 0 Å². The average molecular weight is 301 g/mol. The maximum absolute atomic E-state index is 11.9. The summed E-state index contributed by atoms with van der Waals surface area (Å²) >= 11 is 0. The second-order valence-electron chi connectivity index (χ2n) is 6.38. The lowest BCUT2D eigenvalue weighted by atomic mass is 10.0. The molecule has 1 saturated heterocycles. The Hall–Kier alpha value is -1.95. The molecule has 1 aliphatic rings. The largest absolute Gasteiger partial charge is 0.355 e. The Morgan fingerprint density at radius 1 is 1.50 bits per heavy atom. The van der Waals surface area contributed by atoms with Crippen LogP contribution in [0.3, 0.4) is 0 Å². The highest BCUT2D eigenvalue weighted by molar-refractivity contribution is 5.99. The van der Waals surface area contributed by atoms with Gasteiger partial charge in [-0.1, -0.05) is 13.8 Å². The van der Waals surface area contributed by atoms with Gasteiger partial charge in [0.15, 0.2) is 5.65 Å². The Kier molecular flexibility index (Phi) is 4.11. The van der Waals surface area contributed by atoms with Crippen molar-refractivity contribution >= 4 is 11.6 Å². The molecule has 6 heteroatoms. The molecule has 2 aromatic heterocycles. The van der Waals surface area contributed by atoms with Crippen LogP contribution in [0.5, 0.6) is 0 Å². The van der Waals surface area contributed by atoms with Crippen LogP contribution >= 0.6 is 0 Å². The zero-order chi connectivity index (χ0) is 15.7. The molecular formula is C16H23N5O. The fourth-order valence-corrected chi connectivity index (χ4v) is 3.27. The monoisotopic (exact) mass is 301 g/mol. The fraction of sp³-hybridized carbons (Fsp3) is 0.562. The number of hydrogen-bond donors (Lipinski definition) is 1. The van der Waals surface area contributed by atoms with E-state index in [-0.39, 0.29) is 5.91 Å². The maximum atomic E-state index is 11.9. The van der Waals surface area contributed by atoms with Gasteiger partial charge in [0.05, 0.1) is 11.9 Å². The molecule has 6 nitrogen and oxygen atoms in total. The number of rotatable bonds is 4. The van der Waals surface area contributed by atoms with Crippen molar-refractivity contribution in [1.29, 1.82) is 0 Å². The van der Waals surface area contributed by atoms with Gasteiger partial charge in [0, 0.05) is 32.3 Å².